The lowest BCUT2D eigenvalue weighted by Crippen LogP contribution is -2.30. The highest BCUT2D eigenvalue weighted by molar-refractivity contribution is 7.53. The Morgan fingerprint density at radius 1 is 0.710 bits per heavy atom. The average molecular weight is 452 g/mol. The summed E-state index contributed by atoms with van der Waals surface area (Å²) < 4.78 is 23.0. The molecule has 2 amide bonds. The Morgan fingerprint density at radius 2 is 1.13 bits per heavy atom. The minimum Gasteiger partial charge on any atom is -0.309 e. The standard InChI is InChI=1S/C24H38NO5P/c1-3-29-31(28,30-4-2)20-16-12-10-8-6-5-7-9-11-15-19-25-23(26)21-17-13-14-18-22(21)24(25)27/h13-14,17-18H,3-12,15-16,19-20H2,1-2H3. The minimum atomic E-state index is -2.87. The van der Waals surface area contributed by atoms with E-state index >= 15 is 0 Å². The second-order valence-electron chi connectivity index (χ2n) is 8.01. The largest absolute Gasteiger partial charge is 0.330 e. The zero-order valence-electron chi connectivity index (χ0n) is 19.1. The number of rotatable bonds is 17. The van der Waals surface area contributed by atoms with E-state index in [4.69, 9.17) is 9.05 Å². The number of hydrogen-bond acceptors (Lipinski definition) is 5. The van der Waals surface area contributed by atoms with E-state index in [0.717, 1.165) is 38.5 Å². The Bertz CT molecular complexity index is 706. The van der Waals surface area contributed by atoms with E-state index in [-0.39, 0.29) is 11.8 Å². The lowest BCUT2D eigenvalue weighted by molar-refractivity contribution is 0.0651. The first-order chi connectivity index (χ1) is 15.0. The number of fused-ring (bicyclic) bond motifs is 1. The minimum absolute atomic E-state index is 0.153. The van der Waals surface area contributed by atoms with E-state index in [9.17, 15) is 14.2 Å². The smallest absolute Gasteiger partial charge is 0.309 e. The van der Waals surface area contributed by atoms with E-state index in [1.54, 1.807) is 24.3 Å². The Morgan fingerprint density at radius 3 is 1.58 bits per heavy atom. The van der Waals surface area contributed by atoms with Crippen LogP contribution in [0.5, 0.6) is 0 Å². The van der Waals surface area contributed by atoms with E-state index in [2.05, 4.69) is 0 Å². The van der Waals surface area contributed by atoms with E-state index in [1.807, 2.05) is 13.8 Å². The number of unbranched alkanes of at least 4 members (excludes halogenated alkanes) is 9. The van der Waals surface area contributed by atoms with Crippen molar-refractivity contribution >= 4 is 19.4 Å². The fourth-order valence-electron chi connectivity index (χ4n) is 3.99. The highest BCUT2D eigenvalue weighted by Gasteiger charge is 2.34. The summed E-state index contributed by atoms with van der Waals surface area (Å²) >= 11 is 0. The van der Waals surface area contributed by atoms with Gasteiger partial charge in [0.1, 0.15) is 0 Å². The van der Waals surface area contributed by atoms with Gasteiger partial charge in [-0.1, -0.05) is 63.5 Å². The van der Waals surface area contributed by atoms with Crippen molar-refractivity contribution in [3.8, 4) is 0 Å². The van der Waals surface area contributed by atoms with Gasteiger partial charge < -0.3 is 9.05 Å². The van der Waals surface area contributed by atoms with Crippen molar-refractivity contribution in [2.24, 2.45) is 0 Å². The maximum Gasteiger partial charge on any atom is 0.330 e. The Balaban J connectivity index is 1.45. The number of nitrogens with zero attached hydrogens (tertiary/aromatic N) is 1. The van der Waals surface area contributed by atoms with Crippen LogP contribution in [-0.2, 0) is 13.6 Å². The van der Waals surface area contributed by atoms with Gasteiger partial charge in [0, 0.05) is 6.54 Å². The average Bonchev–Trinajstić information content (AvgIpc) is 3.00. The molecule has 2 rings (SSSR count). The highest BCUT2D eigenvalue weighted by Crippen LogP contribution is 2.48. The molecule has 0 unspecified atom stereocenters. The third kappa shape index (κ3) is 8.17. The van der Waals surface area contributed by atoms with Crippen molar-refractivity contribution < 1.29 is 23.2 Å². The summed E-state index contributed by atoms with van der Waals surface area (Å²) in [6, 6.07) is 7.06. The van der Waals surface area contributed by atoms with Gasteiger partial charge in [-0.2, -0.15) is 0 Å². The van der Waals surface area contributed by atoms with Crippen LogP contribution in [0.4, 0.5) is 0 Å². The van der Waals surface area contributed by atoms with Gasteiger partial charge in [-0.05, 0) is 38.8 Å². The first-order valence-electron chi connectivity index (χ1n) is 11.9. The number of benzene rings is 1. The fourth-order valence-corrected chi connectivity index (χ4v) is 5.72. The number of carbonyl (C=O) groups excluding carboxylic acids is 2. The number of hydrogen-bond donors (Lipinski definition) is 0. The third-order valence-electron chi connectivity index (χ3n) is 5.59. The highest BCUT2D eigenvalue weighted by atomic mass is 31.2. The Hall–Kier alpha value is -1.49. The SMILES string of the molecule is CCOP(=O)(CCCCCCCCCCCCN1C(=O)c2ccccc2C1=O)OCC. The summed E-state index contributed by atoms with van der Waals surface area (Å²) in [6.45, 7) is 5.05. The van der Waals surface area contributed by atoms with Crippen molar-refractivity contribution in [2.45, 2.75) is 78.1 Å². The van der Waals surface area contributed by atoms with Crippen molar-refractivity contribution in [3.05, 3.63) is 35.4 Å². The molecule has 0 aliphatic carbocycles. The Labute approximate surface area is 187 Å². The second-order valence-corrected chi connectivity index (χ2v) is 10.2. The Kier molecular flexibility index (Phi) is 11.5. The van der Waals surface area contributed by atoms with Crippen LogP contribution in [0.2, 0.25) is 0 Å². The van der Waals surface area contributed by atoms with Gasteiger partial charge in [0.25, 0.3) is 11.8 Å². The molecular weight excluding hydrogens is 413 g/mol. The van der Waals surface area contributed by atoms with Gasteiger partial charge >= 0.3 is 7.60 Å². The molecule has 1 aliphatic rings. The second kappa shape index (κ2) is 13.8. The molecule has 0 bridgehead atoms. The molecule has 1 aromatic carbocycles. The first-order valence-corrected chi connectivity index (χ1v) is 13.6. The van der Waals surface area contributed by atoms with Crippen LogP contribution in [0.25, 0.3) is 0 Å². The molecule has 6 nitrogen and oxygen atoms in total. The van der Waals surface area contributed by atoms with E-state index < -0.39 is 7.60 Å². The molecule has 174 valence electrons. The molecule has 0 fully saturated rings. The molecule has 1 aromatic rings. The summed E-state index contributed by atoms with van der Waals surface area (Å²) in [4.78, 5) is 26.0. The predicted molar refractivity (Wildman–Crippen MR) is 124 cm³/mol. The van der Waals surface area contributed by atoms with E-state index in [0.29, 0.717) is 37.0 Å². The molecule has 1 aliphatic heterocycles. The van der Waals surface area contributed by atoms with Crippen LogP contribution in [0.15, 0.2) is 24.3 Å². The van der Waals surface area contributed by atoms with E-state index in [1.165, 1.54) is 30.6 Å². The molecule has 0 saturated carbocycles. The lowest BCUT2D eigenvalue weighted by atomic mass is 10.1. The molecule has 0 saturated heterocycles. The topological polar surface area (TPSA) is 72.9 Å². The van der Waals surface area contributed by atoms with Gasteiger partial charge in [-0.3, -0.25) is 19.1 Å². The van der Waals surface area contributed by atoms with Crippen LogP contribution < -0.4 is 0 Å². The molecule has 1 heterocycles. The summed E-state index contributed by atoms with van der Waals surface area (Å²) in [7, 11) is -2.87. The molecule has 0 atom stereocenters. The van der Waals surface area contributed by atoms with Crippen LogP contribution in [0, 0.1) is 0 Å². The summed E-state index contributed by atoms with van der Waals surface area (Å²) in [5.41, 5.74) is 1.07. The molecule has 0 spiro atoms. The van der Waals surface area contributed by atoms with Crippen LogP contribution >= 0.6 is 7.60 Å². The fraction of sp³-hybridized carbons (Fsp3) is 0.667. The molecule has 0 radical (unpaired) electrons. The van der Waals surface area contributed by atoms with Crippen LogP contribution in [0.1, 0.15) is 98.8 Å². The van der Waals surface area contributed by atoms with Gasteiger partial charge in [-0.25, -0.2) is 0 Å². The van der Waals surface area contributed by atoms with Gasteiger partial charge in [0.15, 0.2) is 0 Å². The maximum absolute atomic E-state index is 12.4. The summed E-state index contributed by atoms with van der Waals surface area (Å²) in [5, 5.41) is 0. The number of imide groups is 1. The van der Waals surface area contributed by atoms with Gasteiger partial charge in [0.2, 0.25) is 0 Å². The van der Waals surface area contributed by atoms with Crippen LogP contribution in [0.3, 0.4) is 0 Å². The van der Waals surface area contributed by atoms with Gasteiger partial charge in [0.05, 0.1) is 30.5 Å². The summed E-state index contributed by atoms with van der Waals surface area (Å²) in [6.07, 6.45) is 11.5. The maximum atomic E-state index is 12.4. The van der Waals surface area contributed by atoms with Crippen molar-refractivity contribution in [3.63, 3.8) is 0 Å². The first kappa shape index (κ1) is 25.8. The van der Waals surface area contributed by atoms with Crippen molar-refractivity contribution in [1.29, 1.82) is 0 Å². The normalized spacial score (nSPS) is 13.8. The predicted octanol–water partition coefficient (Wildman–Crippen LogP) is 6.45. The molecule has 7 heteroatoms. The number of amides is 2. The zero-order chi connectivity index (χ0) is 22.5. The van der Waals surface area contributed by atoms with Crippen LogP contribution in [-0.4, -0.2) is 42.6 Å². The van der Waals surface area contributed by atoms with Crippen molar-refractivity contribution in [1.82, 2.24) is 4.90 Å². The van der Waals surface area contributed by atoms with Crippen molar-refractivity contribution in [2.75, 3.05) is 25.9 Å². The monoisotopic (exact) mass is 451 g/mol. The molecular formula is C24H38NO5P. The molecule has 0 N–H and O–H groups in total. The molecule has 31 heavy (non-hydrogen) atoms. The van der Waals surface area contributed by atoms with Gasteiger partial charge in [-0.15, -0.1) is 0 Å². The number of carbonyl (C=O) groups is 2. The molecule has 0 aromatic heterocycles. The third-order valence-corrected chi connectivity index (χ3v) is 7.76. The quantitative estimate of drug-likeness (QED) is 0.155. The summed E-state index contributed by atoms with van der Waals surface area (Å²) in [5.74, 6) is -0.307. The lowest BCUT2D eigenvalue weighted by Gasteiger charge is -2.16. The zero-order valence-corrected chi connectivity index (χ0v) is 20.0.